The van der Waals surface area contributed by atoms with Gasteiger partial charge < -0.3 is 40.3 Å². The fourth-order valence-electron chi connectivity index (χ4n) is 9.28. The minimum absolute atomic E-state index is 0.197. The quantitative estimate of drug-likeness (QED) is 0.0261. The van der Waals surface area contributed by atoms with Gasteiger partial charge in [-0.05, 0) is 77.0 Å². The lowest BCUT2D eigenvalue weighted by atomic mass is 9.99. The fraction of sp³-hybridized carbons (Fsp3) is 0.823. The Hall–Kier alpha value is -2.11. The topological polar surface area (TPSA) is 149 Å². The molecule has 1 aliphatic rings. The van der Waals surface area contributed by atoms with Gasteiger partial charge in [-0.25, -0.2) is 0 Å². The largest absolute Gasteiger partial charge is 0.394 e. The minimum atomic E-state index is -1.58. The van der Waals surface area contributed by atoms with Gasteiger partial charge in [0, 0.05) is 6.42 Å². The number of aliphatic hydroxyl groups is 5. The molecule has 0 aliphatic carbocycles. The normalized spacial score (nSPS) is 19.7. The zero-order chi connectivity index (χ0) is 51.5. The lowest BCUT2D eigenvalue weighted by Crippen LogP contribution is -2.60. The number of amides is 1. The Kier molecular flexibility index (Phi) is 48.4. The number of unbranched alkanes of at least 4 members (excludes halogenated alkanes) is 33. The number of allylic oxidation sites excluding steroid dienone is 9. The molecule has 1 fully saturated rings. The highest BCUT2D eigenvalue weighted by Gasteiger charge is 2.44. The molecule has 0 spiro atoms. The summed E-state index contributed by atoms with van der Waals surface area (Å²) in [6.07, 6.45) is 62.9. The summed E-state index contributed by atoms with van der Waals surface area (Å²) in [6, 6.07) is -0.836. The molecule has 1 heterocycles. The van der Waals surface area contributed by atoms with E-state index in [1.54, 1.807) is 6.08 Å². The van der Waals surface area contributed by atoms with Gasteiger partial charge in [0.2, 0.25) is 5.91 Å². The van der Waals surface area contributed by atoms with Crippen molar-refractivity contribution in [3.8, 4) is 0 Å². The molecule has 0 aromatic rings. The van der Waals surface area contributed by atoms with Gasteiger partial charge in [-0.2, -0.15) is 0 Å². The van der Waals surface area contributed by atoms with E-state index in [1.165, 1.54) is 186 Å². The Bertz CT molecular complexity index is 1300. The van der Waals surface area contributed by atoms with Gasteiger partial charge in [0.1, 0.15) is 24.4 Å². The molecule has 1 aliphatic heterocycles. The molecule has 0 aromatic carbocycles. The van der Waals surface area contributed by atoms with Gasteiger partial charge in [0.05, 0.1) is 25.4 Å². The summed E-state index contributed by atoms with van der Waals surface area (Å²) in [6.45, 7) is 3.78. The van der Waals surface area contributed by atoms with Gasteiger partial charge in [-0.15, -0.1) is 0 Å². The van der Waals surface area contributed by atoms with Crippen LogP contribution in [0.5, 0.6) is 0 Å². The van der Waals surface area contributed by atoms with Crippen LogP contribution in [0.15, 0.2) is 60.8 Å². The summed E-state index contributed by atoms with van der Waals surface area (Å²) in [5.41, 5.74) is 0. The number of hydrogen-bond acceptors (Lipinski definition) is 8. The Labute approximate surface area is 436 Å². The summed E-state index contributed by atoms with van der Waals surface area (Å²) in [7, 11) is 0. The van der Waals surface area contributed by atoms with Crippen LogP contribution < -0.4 is 5.32 Å². The number of rotatable bonds is 51. The number of aliphatic hydroxyl groups excluding tert-OH is 5. The van der Waals surface area contributed by atoms with Gasteiger partial charge in [-0.3, -0.25) is 4.79 Å². The Morgan fingerprint density at radius 1 is 0.479 bits per heavy atom. The van der Waals surface area contributed by atoms with E-state index in [0.29, 0.717) is 6.42 Å². The van der Waals surface area contributed by atoms with Crippen LogP contribution in [0.1, 0.15) is 271 Å². The third-order valence-corrected chi connectivity index (χ3v) is 14.0. The highest BCUT2D eigenvalue weighted by Crippen LogP contribution is 2.23. The Morgan fingerprint density at radius 3 is 1.27 bits per heavy atom. The molecule has 0 saturated carbocycles. The zero-order valence-corrected chi connectivity index (χ0v) is 46.0. The molecule has 0 radical (unpaired) electrons. The maximum Gasteiger partial charge on any atom is 0.220 e. The van der Waals surface area contributed by atoms with Gasteiger partial charge >= 0.3 is 0 Å². The lowest BCUT2D eigenvalue weighted by Gasteiger charge is -2.40. The molecule has 1 saturated heterocycles. The van der Waals surface area contributed by atoms with Crippen LogP contribution in [-0.2, 0) is 14.3 Å². The third kappa shape index (κ3) is 40.9. The molecule has 71 heavy (non-hydrogen) atoms. The first-order chi connectivity index (χ1) is 34.8. The van der Waals surface area contributed by atoms with Crippen molar-refractivity contribution < 1.29 is 39.8 Å². The van der Waals surface area contributed by atoms with Gasteiger partial charge in [0.15, 0.2) is 6.29 Å². The summed E-state index contributed by atoms with van der Waals surface area (Å²) >= 11 is 0. The summed E-state index contributed by atoms with van der Waals surface area (Å²) in [5, 5.41) is 54.5. The van der Waals surface area contributed by atoms with Crippen LogP contribution in [0.3, 0.4) is 0 Å². The van der Waals surface area contributed by atoms with E-state index >= 15 is 0 Å². The molecule has 9 nitrogen and oxygen atoms in total. The van der Waals surface area contributed by atoms with Crippen molar-refractivity contribution in [3.63, 3.8) is 0 Å². The first-order valence-electron chi connectivity index (χ1n) is 30.0. The highest BCUT2D eigenvalue weighted by molar-refractivity contribution is 5.76. The first-order valence-corrected chi connectivity index (χ1v) is 30.0. The average molecular weight is 1000 g/mol. The summed E-state index contributed by atoms with van der Waals surface area (Å²) in [4.78, 5) is 13.1. The molecule has 9 heteroatoms. The number of carbonyl (C=O) groups excluding carboxylic acids is 1. The molecular weight excluding hydrogens is 887 g/mol. The summed E-state index contributed by atoms with van der Waals surface area (Å²) in [5.74, 6) is -0.197. The molecule has 414 valence electrons. The maximum atomic E-state index is 13.1. The van der Waals surface area contributed by atoms with E-state index in [0.717, 1.165) is 64.2 Å². The van der Waals surface area contributed by atoms with Crippen LogP contribution in [0.25, 0.3) is 0 Å². The second-order valence-electron chi connectivity index (χ2n) is 20.8. The van der Waals surface area contributed by atoms with E-state index in [4.69, 9.17) is 9.47 Å². The Morgan fingerprint density at radius 2 is 0.845 bits per heavy atom. The first kappa shape index (κ1) is 66.9. The zero-order valence-electron chi connectivity index (χ0n) is 46.0. The van der Waals surface area contributed by atoms with Crippen LogP contribution in [0.4, 0.5) is 0 Å². The molecule has 7 unspecified atom stereocenters. The van der Waals surface area contributed by atoms with Crippen LogP contribution >= 0.6 is 0 Å². The summed E-state index contributed by atoms with van der Waals surface area (Å²) < 4.78 is 11.3. The van der Waals surface area contributed by atoms with Crippen molar-refractivity contribution in [1.82, 2.24) is 5.32 Å². The number of nitrogens with one attached hydrogen (secondary N) is 1. The third-order valence-electron chi connectivity index (χ3n) is 14.0. The van der Waals surface area contributed by atoms with Crippen LogP contribution in [0.2, 0.25) is 0 Å². The number of hydrogen-bond donors (Lipinski definition) is 6. The number of carbonyl (C=O) groups is 1. The second-order valence-corrected chi connectivity index (χ2v) is 20.8. The molecule has 1 rings (SSSR count). The van der Waals surface area contributed by atoms with Gasteiger partial charge in [-0.1, -0.05) is 248 Å². The Balaban J connectivity index is 2.27. The highest BCUT2D eigenvalue weighted by atomic mass is 16.7. The van der Waals surface area contributed by atoms with Crippen molar-refractivity contribution in [2.24, 2.45) is 0 Å². The minimum Gasteiger partial charge on any atom is -0.394 e. The van der Waals surface area contributed by atoms with Crippen molar-refractivity contribution in [1.29, 1.82) is 0 Å². The van der Waals surface area contributed by atoms with E-state index in [-0.39, 0.29) is 12.5 Å². The second kappa shape index (κ2) is 51.4. The van der Waals surface area contributed by atoms with E-state index < -0.39 is 49.5 Å². The smallest absolute Gasteiger partial charge is 0.220 e. The van der Waals surface area contributed by atoms with Crippen molar-refractivity contribution in [2.45, 2.75) is 314 Å². The van der Waals surface area contributed by atoms with E-state index in [9.17, 15) is 30.3 Å². The molecular formula is C62H113NO8. The van der Waals surface area contributed by atoms with Crippen molar-refractivity contribution in [3.05, 3.63) is 60.8 Å². The van der Waals surface area contributed by atoms with E-state index in [2.05, 4.69) is 67.8 Å². The predicted molar refractivity (Wildman–Crippen MR) is 299 cm³/mol. The monoisotopic (exact) mass is 1000 g/mol. The lowest BCUT2D eigenvalue weighted by molar-refractivity contribution is -0.302. The molecule has 6 N–H and O–H groups in total. The van der Waals surface area contributed by atoms with Crippen LogP contribution in [0, 0.1) is 0 Å². The maximum absolute atomic E-state index is 13.1. The average Bonchev–Trinajstić information content (AvgIpc) is 3.37. The molecule has 7 atom stereocenters. The number of ether oxygens (including phenoxy) is 2. The molecule has 0 bridgehead atoms. The fourth-order valence-corrected chi connectivity index (χ4v) is 9.28. The van der Waals surface area contributed by atoms with Crippen molar-refractivity contribution >= 4 is 5.91 Å². The predicted octanol–water partition coefficient (Wildman–Crippen LogP) is 15.1. The van der Waals surface area contributed by atoms with Gasteiger partial charge in [0.25, 0.3) is 0 Å². The van der Waals surface area contributed by atoms with Crippen molar-refractivity contribution in [2.75, 3.05) is 13.2 Å². The molecule has 1 amide bonds. The standard InChI is InChI=1S/C62H113NO8/c1-3-5-7-9-11-13-15-17-19-21-23-25-27-28-30-31-33-35-37-39-41-43-45-47-49-51-56(65)55(54-70-62-61(69)60(68)59(67)57(53-64)71-62)63-58(66)52-50-48-46-44-42-40-38-36-34-32-29-26-24-22-20-18-16-14-12-10-8-6-4-2/h24,26,32-35,41,43,49,51,55-57,59-62,64-65,67-69H,3-23,25,27-31,36-40,42,44-48,50,52-54H2,1-2H3,(H,63,66)/b26-24-,34-32-,35-33+,43-41+,51-49+. The van der Waals surface area contributed by atoms with E-state index in [1.807, 2.05) is 6.08 Å². The van der Waals surface area contributed by atoms with Crippen LogP contribution in [-0.4, -0.2) is 87.5 Å². The molecule has 0 aromatic heterocycles. The SMILES string of the molecule is CCCCCCCCCCC/C=C\C/C=C\CCCCCCCCCC(=O)NC(COC1OC(CO)C(O)C(O)C1O)C(O)/C=C/CC/C=C/CC/C=C/CCCCCCCCCCCCCCCCC.